The van der Waals surface area contributed by atoms with Crippen LogP contribution in [0.25, 0.3) is 17.1 Å². The highest BCUT2D eigenvalue weighted by Gasteiger charge is 2.22. The summed E-state index contributed by atoms with van der Waals surface area (Å²) in [6.07, 6.45) is 0. The minimum absolute atomic E-state index is 0.507. The zero-order chi connectivity index (χ0) is 21.0. The van der Waals surface area contributed by atoms with Crippen molar-refractivity contribution in [1.82, 2.24) is 24.9 Å². The molecule has 0 radical (unpaired) electrons. The summed E-state index contributed by atoms with van der Waals surface area (Å²) in [5.74, 6) is 2.49. The highest BCUT2D eigenvalue weighted by molar-refractivity contribution is 7.98. The topological polar surface area (TPSA) is 82.1 Å². The van der Waals surface area contributed by atoms with Crippen LogP contribution in [0.5, 0.6) is 0 Å². The van der Waals surface area contributed by atoms with Crippen LogP contribution in [0.2, 0.25) is 0 Å². The third kappa shape index (κ3) is 4.19. The number of hydrogen-bond donors (Lipinski definition) is 0. The van der Waals surface area contributed by atoms with Gasteiger partial charge in [0, 0.05) is 18.7 Å². The van der Waals surface area contributed by atoms with E-state index in [1.807, 2.05) is 49.4 Å². The van der Waals surface area contributed by atoms with Crippen LogP contribution in [-0.2, 0) is 10.5 Å². The first kappa shape index (κ1) is 19.8. The molecule has 158 valence electrons. The number of hydrogen-bond acceptors (Lipinski definition) is 8. The lowest BCUT2D eigenvalue weighted by molar-refractivity contribution is 0.122. The Kier molecular flexibility index (Phi) is 5.68. The van der Waals surface area contributed by atoms with Gasteiger partial charge in [-0.3, -0.25) is 4.57 Å². The highest BCUT2D eigenvalue weighted by atomic mass is 32.2. The van der Waals surface area contributed by atoms with Crippen molar-refractivity contribution in [3.63, 3.8) is 0 Å². The molecule has 0 N–H and O–H groups in total. The summed E-state index contributed by atoms with van der Waals surface area (Å²) in [7, 11) is 0. The molecule has 8 nitrogen and oxygen atoms in total. The second-order valence-electron chi connectivity index (χ2n) is 7.17. The van der Waals surface area contributed by atoms with E-state index < -0.39 is 0 Å². The number of benzene rings is 2. The number of morpholine rings is 1. The number of nitrogens with zero attached hydrogens (tertiary/aromatic N) is 6. The molecule has 0 unspecified atom stereocenters. The number of para-hydroxylation sites is 1. The van der Waals surface area contributed by atoms with Gasteiger partial charge in [0.2, 0.25) is 17.7 Å². The molecule has 5 rings (SSSR count). The first-order chi connectivity index (χ1) is 15.3. The van der Waals surface area contributed by atoms with Crippen molar-refractivity contribution in [3.8, 4) is 17.1 Å². The van der Waals surface area contributed by atoms with Crippen LogP contribution in [0.15, 0.2) is 64.3 Å². The molecular formula is C22H22N6O2S. The molecule has 0 amide bonds. The molecule has 0 bridgehead atoms. The van der Waals surface area contributed by atoms with E-state index >= 15 is 0 Å². The molecule has 3 heterocycles. The van der Waals surface area contributed by atoms with Crippen molar-refractivity contribution >= 4 is 17.7 Å². The van der Waals surface area contributed by atoms with Crippen molar-refractivity contribution in [2.24, 2.45) is 0 Å². The van der Waals surface area contributed by atoms with Gasteiger partial charge in [0.15, 0.2) is 5.16 Å². The van der Waals surface area contributed by atoms with Gasteiger partial charge in [-0.05, 0) is 24.6 Å². The van der Waals surface area contributed by atoms with Gasteiger partial charge < -0.3 is 14.2 Å². The Morgan fingerprint density at radius 1 is 0.968 bits per heavy atom. The molecule has 1 fully saturated rings. The van der Waals surface area contributed by atoms with E-state index in [-0.39, 0.29) is 0 Å². The highest BCUT2D eigenvalue weighted by Crippen LogP contribution is 2.29. The summed E-state index contributed by atoms with van der Waals surface area (Å²) >= 11 is 1.53. The molecule has 1 saturated heterocycles. The lowest BCUT2D eigenvalue weighted by Gasteiger charge is -2.27. The smallest absolute Gasteiger partial charge is 0.237 e. The molecule has 31 heavy (non-hydrogen) atoms. The van der Waals surface area contributed by atoms with Crippen molar-refractivity contribution in [2.45, 2.75) is 17.8 Å². The fraction of sp³-hybridized carbons (Fsp3) is 0.273. The monoisotopic (exact) mass is 434 g/mol. The van der Waals surface area contributed by atoms with Gasteiger partial charge in [0.25, 0.3) is 0 Å². The quantitative estimate of drug-likeness (QED) is 0.424. The molecule has 1 aliphatic heterocycles. The minimum atomic E-state index is 0.507. The minimum Gasteiger partial charge on any atom is -0.378 e. The van der Waals surface area contributed by atoms with E-state index in [0.29, 0.717) is 30.7 Å². The lowest BCUT2D eigenvalue weighted by atomic mass is 10.1. The number of thioether (sulfide) groups is 1. The van der Waals surface area contributed by atoms with E-state index in [1.54, 1.807) is 0 Å². The molecule has 0 atom stereocenters. The summed E-state index contributed by atoms with van der Waals surface area (Å²) in [5, 5.41) is 13.9. The summed E-state index contributed by atoms with van der Waals surface area (Å²) in [5.41, 5.74) is 3.11. The Morgan fingerprint density at radius 3 is 2.55 bits per heavy atom. The van der Waals surface area contributed by atoms with E-state index in [0.717, 1.165) is 41.0 Å². The van der Waals surface area contributed by atoms with Crippen molar-refractivity contribution < 1.29 is 9.26 Å². The largest absolute Gasteiger partial charge is 0.378 e. The maximum atomic E-state index is 5.50. The van der Waals surface area contributed by atoms with Crippen molar-refractivity contribution in [2.75, 3.05) is 31.2 Å². The van der Waals surface area contributed by atoms with Crippen LogP contribution in [0.3, 0.4) is 0 Å². The summed E-state index contributed by atoms with van der Waals surface area (Å²) < 4.78 is 13.1. The van der Waals surface area contributed by atoms with E-state index in [2.05, 4.69) is 41.9 Å². The van der Waals surface area contributed by atoms with Gasteiger partial charge in [0.05, 0.1) is 24.7 Å². The summed E-state index contributed by atoms with van der Waals surface area (Å²) in [4.78, 5) is 6.78. The SMILES string of the molecule is Cc1ccccc1-c1noc(CSc2nnc(N3CCOCC3)n2-c2ccccc2)n1. The van der Waals surface area contributed by atoms with Crippen LogP contribution >= 0.6 is 11.8 Å². The van der Waals surface area contributed by atoms with Gasteiger partial charge in [-0.1, -0.05) is 59.4 Å². The fourth-order valence-electron chi connectivity index (χ4n) is 3.50. The van der Waals surface area contributed by atoms with E-state index in [1.165, 1.54) is 11.8 Å². The van der Waals surface area contributed by atoms with E-state index in [4.69, 9.17) is 9.26 Å². The second-order valence-corrected chi connectivity index (χ2v) is 8.11. The molecule has 0 spiro atoms. The molecule has 9 heteroatoms. The third-order valence-corrected chi connectivity index (χ3v) is 6.02. The number of aryl methyl sites for hydroxylation is 1. The normalized spacial score (nSPS) is 14.2. The maximum absolute atomic E-state index is 5.50. The Hall–Kier alpha value is -3.17. The molecule has 2 aromatic heterocycles. The zero-order valence-electron chi connectivity index (χ0n) is 17.1. The predicted molar refractivity (Wildman–Crippen MR) is 118 cm³/mol. The van der Waals surface area contributed by atoms with Gasteiger partial charge in [-0.2, -0.15) is 4.98 Å². The Balaban J connectivity index is 1.40. The first-order valence-corrected chi connectivity index (χ1v) is 11.1. The van der Waals surface area contributed by atoms with Gasteiger partial charge >= 0.3 is 0 Å². The Morgan fingerprint density at radius 2 is 1.74 bits per heavy atom. The van der Waals surface area contributed by atoms with Crippen LogP contribution in [0.4, 0.5) is 5.95 Å². The lowest BCUT2D eigenvalue weighted by Crippen LogP contribution is -2.37. The Labute approximate surface area is 184 Å². The first-order valence-electron chi connectivity index (χ1n) is 10.1. The molecule has 2 aromatic carbocycles. The molecule has 4 aromatic rings. The van der Waals surface area contributed by atoms with Crippen molar-refractivity contribution in [1.29, 1.82) is 0 Å². The third-order valence-electron chi connectivity index (χ3n) is 5.10. The maximum Gasteiger partial charge on any atom is 0.237 e. The summed E-state index contributed by atoms with van der Waals surface area (Å²) in [6, 6.07) is 18.1. The van der Waals surface area contributed by atoms with Gasteiger partial charge in [-0.25, -0.2) is 0 Å². The zero-order valence-corrected chi connectivity index (χ0v) is 18.0. The van der Waals surface area contributed by atoms with Crippen LogP contribution in [0, 0.1) is 6.92 Å². The standard InChI is InChI=1S/C22H22N6O2S/c1-16-7-5-6-10-18(16)20-23-19(30-26-20)15-31-22-25-24-21(27-11-13-29-14-12-27)28(22)17-8-3-2-4-9-17/h2-10H,11-15H2,1H3. The number of ether oxygens (including phenoxy) is 1. The molecule has 0 saturated carbocycles. The van der Waals surface area contributed by atoms with Crippen LogP contribution < -0.4 is 4.90 Å². The van der Waals surface area contributed by atoms with Gasteiger partial charge in [0.1, 0.15) is 0 Å². The number of aromatic nitrogens is 5. The van der Waals surface area contributed by atoms with Crippen LogP contribution in [-0.4, -0.2) is 51.2 Å². The molecular weight excluding hydrogens is 412 g/mol. The predicted octanol–water partition coefficient (Wildman–Crippen LogP) is 3.75. The van der Waals surface area contributed by atoms with Crippen LogP contribution in [0.1, 0.15) is 11.5 Å². The second kappa shape index (κ2) is 8.91. The number of anilines is 1. The number of rotatable bonds is 6. The average molecular weight is 435 g/mol. The van der Waals surface area contributed by atoms with Crippen molar-refractivity contribution in [3.05, 3.63) is 66.1 Å². The average Bonchev–Trinajstić information content (AvgIpc) is 3.46. The summed E-state index contributed by atoms with van der Waals surface area (Å²) in [6.45, 7) is 5.00. The van der Waals surface area contributed by atoms with E-state index in [9.17, 15) is 0 Å². The molecule has 0 aliphatic carbocycles. The Bertz CT molecular complexity index is 1150. The molecule has 1 aliphatic rings. The van der Waals surface area contributed by atoms with Gasteiger partial charge in [-0.15, -0.1) is 10.2 Å². The fourth-order valence-corrected chi connectivity index (χ4v) is 4.28.